The molecule has 0 aliphatic rings. The minimum atomic E-state index is 0.654. The first kappa shape index (κ1) is 8.26. The van der Waals surface area contributed by atoms with E-state index in [1.165, 1.54) is 5.56 Å². The topological polar surface area (TPSA) is 27.1 Å². The predicted molar refractivity (Wildman–Crippen MR) is 51.4 cm³/mol. The van der Waals surface area contributed by atoms with E-state index >= 15 is 0 Å². The van der Waals surface area contributed by atoms with E-state index in [9.17, 15) is 0 Å². The number of aryl methyl sites for hydroxylation is 1. The maximum Gasteiger partial charge on any atom is 0.0955 e. The van der Waals surface area contributed by atoms with Gasteiger partial charge in [-0.25, -0.2) is 4.98 Å². The van der Waals surface area contributed by atoms with E-state index in [1.807, 2.05) is 30.1 Å². The molecule has 0 saturated heterocycles. The number of ether oxygens (including phenoxy) is 1. The summed E-state index contributed by atoms with van der Waals surface area (Å²) >= 11 is 0. The summed E-state index contributed by atoms with van der Waals surface area (Å²) in [6, 6.07) is 6.16. The van der Waals surface area contributed by atoms with Crippen molar-refractivity contribution in [2.75, 3.05) is 7.11 Å². The zero-order valence-corrected chi connectivity index (χ0v) is 7.82. The van der Waals surface area contributed by atoms with Gasteiger partial charge in [-0.3, -0.25) is 0 Å². The smallest absolute Gasteiger partial charge is 0.0955 e. The number of nitrogens with zero attached hydrogens (tertiary/aromatic N) is 2. The Morgan fingerprint density at radius 1 is 1.46 bits per heavy atom. The number of imidazole rings is 1. The lowest BCUT2D eigenvalue weighted by Crippen LogP contribution is -1.89. The molecule has 3 nitrogen and oxygen atoms in total. The predicted octanol–water partition coefficient (Wildman–Crippen LogP) is 1.72. The molecule has 0 unspecified atom stereocenters. The lowest BCUT2D eigenvalue weighted by molar-refractivity contribution is 0.185. The second-order valence-corrected chi connectivity index (χ2v) is 3.11. The fourth-order valence-electron chi connectivity index (χ4n) is 1.43. The van der Waals surface area contributed by atoms with Gasteiger partial charge < -0.3 is 9.30 Å². The number of aromatic nitrogens is 2. The van der Waals surface area contributed by atoms with Gasteiger partial charge in [0.2, 0.25) is 0 Å². The highest BCUT2D eigenvalue weighted by Gasteiger charge is 2.00. The quantitative estimate of drug-likeness (QED) is 0.696. The molecule has 0 radical (unpaired) electrons. The summed E-state index contributed by atoms with van der Waals surface area (Å²) in [5.41, 5.74) is 3.36. The van der Waals surface area contributed by atoms with Crippen LogP contribution in [0.15, 0.2) is 24.5 Å². The molecule has 3 heteroatoms. The van der Waals surface area contributed by atoms with E-state index in [2.05, 4.69) is 11.1 Å². The van der Waals surface area contributed by atoms with Crippen molar-refractivity contribution in [1.29, 1.82) is 0 Å². The molecule has 1 aromatic heterocycles. The average Bonchev–Trinajstić information content (AvgIpc) is 2.49. The Hall–Kier alpha value is -1.35. The Labute approximate surface area is 77.0 Å². The SMILES string of the molecule is COCc1ccc2ncn(C)c2c1. The van der Waals surface area contributed by atoms with Crippen molar-refractivity contribution in [2.24, 2.45) is 7.05 Å². The van der Waals surface area contributed by atoms with Gasteiger partial charge in [-0.2, -0.15) is 0 Å². The molecular formula is C10H12N2O. The molecule has 1 heterocycles. The van der Waals surface area contributed by atoms with Crippen molar-refractivity contribution in [3.8, 4) is 0 Å². The van der Waals surface area contributed by atoms with Crippen LogP contribution in [0.3, 0.4) is 0 Å². The Balaban J connectivity index is 2.53. The van der Waals surface area contributed by atoms with Crippen LogP contribution in [0.4, 0.5) is 0 Å². The van der Waals surface area contributed by atoms with Crippen LogP contribution in [0.5, 0.6) is 0 Å². The monoisotopic (exact) mass is 176 g/mol. The van der Waals surface area contributed by atoms with Gasteiger partial charge in [-0.1, -0.05) is 6.07 Å². The normalized spacial score (nSPS) is 10.9. The van der Waals surface area contributed by atoms with Crippen LogP contribution in [0.25, 0.3) is 11.0 Å². The van der Waals surface area contributed by atoms with Gasteiger partial charge in [-0.05, 0) is 17.7 Å². The van der Waals surface area contributed by atoms with Crippen LogP contribution in [0, 0.1) is 0 Å². The molecule has 13 heavy (non-hydrogen) atoms. The Kier molecular flexibility index (Phi) is 2.02. The lowest BCUT2D eigenvalue weighted by Gasteiger charge is -2.00. The highest BCUT2D eigenvalue weighted by atomic mass is 16.5. The van der Waals surface area contributed by atoms with E-state index in [0.717, 1.165) is 11.0 Å². The zero-order chi connectivity index (χ0) is 9.26. The minimum absolute atomic E-state index is 0.654. The molecular weight excluding hydrogens is 164 g/mol. The molecule has 0 bridgehead atoms. The lowest BCUT2D eigenvalue weighted by atomic mass is 10.2. The van der Waals surface area contributed by atoms with Crippen LogP contribution in [0.2, 0.25) is 0 Å². The average molecular weight is 176 g/mol. The fourth-order valence-corrected chi connectivity index (χ4v) is 1.43. The van der Waals surface area contributed by atoms with Crippen molar-refractivity contribution >= 4 is 11.0 Å². The van der Waals surface area contributed by atoms with Crippen LogP contribution in [-0.4, -0.2) is 16.7 Å². The van der Waals surface area contributed by atoms with E-state index in [-0.39, 0.29) is 0 Å². The Morgan fingerprint density at radius 2 is 2.31 bits per heavy atom. The molecule has 2 aromatic rings. The van der Waals surface area contributed by atoms with E-state index < -0.39 is 0 Å². The third-order valence-electron chi connectivity index (χ3n) is 2.10. The number of methoxy groups -OCH3 is 1. The molecule has 0 amide bonds. The molecule has 0 aliphatic carbocycles. The number of hydrogen-bond acceptors (Lipinski definition) is 2. The summed E-state index contributed by atoms with van der Waals surface area (Å²) in [6.07, 6.45) is 1.82. The first-order chi connectivity index (χ1) is 6.31. The molecule has 0 N–H and O–H groups in total. The summed E-state index contributed by atoms with van der Waals surface area (Å²) in [6.45, 7) is 0.654. The van der Waals surface area contributed by atoms with Crippen LogP contribution in [0.1, 0.15) is 5.56 Å². The summed E-state index contributed by atoms with van der Waals surface area (Å²) in [4.78, 5) is 4.24. The Morgan fingerprint density at radius 3 is 3.08 bits per heavy atom. The van der Waals surface area contributed by atoms with E-state index in [4.69, 9.17) is 4.74 Å². The van der Waals surface area contributed by atoms with E-state index in [0.29, 0.717) is 6.61 Å². The van der Waals surface area contributed by atoms with Crippen molar-refractivity contribution in [3.05, 3.63) is 30.1 Å². The molecule has 2 rings (SSSR count). The van der Waals surface area contributed by atoms with Crippen LogP contribution < -0.4 is 0 Å². The maximum atomic E-state index is 5.06. The van der Waals surface area contributed by atoms with Gasteiger partial charge in [0, 0.05) is 14.2 Å². The van der Waals surface area contributed by atoms with Crippen LogP contribution >= 0.6 is 0 Å². The maximum absolute atomic E-state index is 5.06. The van der Waals surface area contributed by atoms with Gasteiger partial charge in [0.1, 0.15) is 0 Å². The third kappa shape index (κ3) is 1.42. The van der Waals surface area contributed by atoms with Crippen molar-refractivity contribution in [1.82, 2.24) is 9.55 Å². The molecule has 0 fully saturated rings. The van der Waals surface area contributed by atoms with Crippen LogP contribution in [-0.2, 0) is 18.4 Å². The largest absolute Gasteiger partial charge is 0.380 e. The van der Waals surface area contributed by atoms with Crippen molar-refractivity contribution in [3.63, 3.8) is 0 Å². The second kappa shape index (κ2) is 3.18. The zero-order valence-electron chi connectivity index (χ0n) is 7.82. The number of fused-ring (bicyclic) bond motifs is 1. The van der Waals surface area contributed by atoms with Gasteiger partial charge in [0.15, 0.2) is 0 Å². The molecule has 0 spiro atoms. The summed E-state index contributed by atoms with van der Waals surface area (Å²) in [7, 11) is 3.69. The highest BCUT2D eigenvalue weighted by Crippen LogP contribution is 2.14. The first-order valence-corrected chi connectivity index (χ1v) is 4.20. The first-order valence-electron chi connectivity index (χ1n) is 4.20. The number of rotatable bonds is 2. The van der Waals surface area contributed by atoms with E-state index in [1.54, 1.807) is 7.11 Å². The number of hydrogen-bond donors (Lipinski definition) is 0. The van der Waals surface area contributed by atoms with Gasteiger partial charge in [-0.15, -0.1) is 0 Å². The second-order valence-electron chi connectivity index (χ2n) is 3.11. The summed E-state index contributed by atoms with van der Waals surface area (Å²) < 4.78 is 7.07. The summed E-state index contributed by atoms with van der Waals surface area (Å²) in [5, 5.41) is 0. The molecule has 0 atom stereocenters. The standard InChI is InChI=1S/C10H12N2O/c1-12-7-11-9-4-3-8(6-13-2)5-10(9)12/h3-5,7H,6H2,1-2H3. The third-order valence-corrected chi connectivity index (χ3v) is 2.10. The Bertz CT molecular complexity index is 420. The molecule has 68 valence electrons. The van der Waals surface area contributed by atoms with Gasteiger partial charge >= 0.3 is 0 Å². The van der Waals surface area contributed by atoms with Crippen molar-refractivity contribution < 1.29 is 4.74 Å². The molecule has 1 aromatic carbocycles. The summed E-state index contributed by atoms with van der Waals surface area (Å²) in [5.74, 6) is 0. The van der Waals surface area contributed by atoms with Gasteiger partial charge in [0.25, 0.3) is 0 Å². The van der Waals surface area contributed by atoms with Gasteiger partial charge in [0.05, 0.1) is 24.0 Å². The van der Waals surface area contributed by atoms with Crippen molar-refractivity contribution in [2.45, 2.75) is 6.61 Å². The molecule has 0 aliphatic heterocycles. The molecule has 0 saturated carbocycles. The highest BCUT2D eigenvalue weighted by molar-refractivity contribution is 5.75. The minimum Gasteiger partial charge on any atom is -0.380 e. The fraction of sp³-hybridized carbons (Fsp3) is 0.300. The number of benzene rings is 1.